The van der Waals surface area contributed by atoms with E-state index in [1.54, 1.807) is 7.11 Å². The number of nitrogens with zero attached hydrogens (tertiary/aromatic N) is 2. The summed E-state index contributed by atoms with van der Waals surface area (Å²) in [5.41, 5.74) is 0.986. The van der Waals surface area contributed by atoms with Crippen molar-refractivity contribution in [3.05, 3.63) is 11.8 Å². The Bertz CT molecular complexity index is 386. The average molecular weight is 221 g/mol. The second kappa shape index (κ2) is 3.92. The van der Waals surface area contributed by atoms with Crippen LogP contribution in [0.15, 0.2) is 6.07 Å². The molecule has 1 aromatic rings. The largest absolute Gasteiger partial charge is 0.481 e. The Labute approximate surface area is 96.4 Å². The first kappa shape index (κ1) is 11.2. The number of nitrogens with one attached hydrogen (secondary N) is 1. The number of aromatic nitrogens is 2. The number of methoxy groups -OCH3 is 1. The fourth-order valence-corrected chi connectivity index (χ4v) is 1.90. The summed E-state index contributed by atoms with van der Waals surface area (Å²) in [5.74, 6) is 2.01. The Hall–Kier alpha value is -1.32. The minimum absolute atomic E-state index is 0.0683. The van der Waals surface area contributed by atoms with E-state index in [1.807, 2.05) is 13.0 Å². The fraction of sp³-hybridized carbons (Fsp3) is 0.667. The van der Waals surface area contributed by atoms with Crippen LogP contribution in [-0.2, 0) is 0 Å². The number of hydrogen-bond acceptors (Lipinski definition) is 4. The summed E-state index contributed by atoms with van der Waals surface area (Å²) in [6, 6.07) is 1.83. The third-order valence-corrected chi connectivity index (χ3v) is 3.07. The Kier molecular flexibility index (Phi) is 2.74. The van der Waals surface area contributed by atoms with Crippen LogP contribution in [0.3, 0.4) is 0 Å². The van der Waals surface area contributed by atoms with Gasteiger partial charge in [0.1, 0.15) is 0 Å². The van der Waals surface area contributed by atoms with Crippen LogP contribution in [0.5, 0.6) is 5.88 Å². The average Bonchev–Trinajstić information content (AvgIpc) is 2.98. The number of anilines is 1. The minimum atomic E-state index is 0.0683. The van der Waals surface area contributed by atoms with E-state index in [-0.39, 0.29) is 5.54 Å². The summed E-state index contributed by atoms with van der Waals surface area (Å²) >= 11 is 0. The van der Waals surface area contributed by atoms with Gasteiger partial charge in [0.2, 0.25) is 11.8 Å². The number of aryl methyl sites for hydroxylation is 1. The van der Waals surface area contributed by atoms with E-state index in [0.29, 0.717) is 11.8 Å². The van der Waals surface area contributed by atoms with Gasteiger partial charge < -0.3 is 10.1 Å². The molecule has 16 heavy (non-hydrogen) atoms. The summed E-state index contributed by atoms with van der Waals surface area (Å²) in [5, 5.41) is 3.39. The Morgan fingerprint density at radius 2 is 2.06 bits per heavy atom. The molecule has 0 amide bonds. The van der Waals surface area contributed by atoms with Gasteiger partial charge in [-0.1, -0.05) is 0 Å². The molecule has 0 radical (unpaired) electrons. The van der Waals surface area contributed by atoms with E-state index in [2.05, 4.69) is 29.1 Å². The van der Waals surface area contributed by atoms with Crippen molar-refractivity contribution in [3.63, 3.8) is 0 Å². The lowest BCUT2D eigenvalue weighted by molar-refractivity contribution is 0.395. The molecular weight excluding hydrogens is 202 g/mol. The highest BCUT2D eigenvalue weighted by Gasteiger charge is 2.38. The van der Waals surface area contributed by atoms with Crippen LogP contribution in [0, 0.1) is 12.8 Å². The van der Waals surface area contributed by atoms with Crippen molar-refractivity contribution >= 4 is 5.95 Å². The smallest absolute Gasteiger partial charge is 0.226 e. The van der Waals surface area contributed by atoms with Gasteiger partial charge >= 0.3 is 0 Å². The monoisotopic (exact) mass is 221 g/mol. The molecule has 1 saturated carbocycles. The molecule has 0 unspecified atom stereocenters. The first-order valence-electron chi connectivity index (χ1n) is 5.69. The van der Waals surface area contributed by atoms with Crippen LogP contribution in [0.1, 0.15) is 32.4 Å². The zero-order valence-electron chi connectivity index (χ0n) is 10.4. The zero-order chi connectivity index (χ0) is 11.8. The van der Waals surface area contributed by atoms with Crippen molar-refractivity contribution in [2.24, 2.45) is 5.92 Å². The first-order chi connectivity index (χ1) is 7.51. The lowest BCUT2D eigenvalue weighted by atomic mass is 9.99. The zero-order valence-corrected chi connectivity index (χ0v) is 10.4. The molecule has 4 nitrogen and oxygen atoms in total. The van der Waals surface area contributed by atoms with Gasteiger partial charge in [-0.3, -0.25) is 0 Å². The van der Waals surface area contributed by atoms with Crippen LogP contribution in [0.2, 0.25) is 0 Å². The number of hydrogen-bond donors (Lipinski definition) is 1. The lowest BCUT2D eigenvalue weighted by Gasteiger charge is -2.26. The Morgan fingerprint density at radius 3 is 2.62 bits per heavy atom. The van der Waals surface area contributed by atoms with Crippen LogP contribution in [0.25, 0.3) is 0 Å². The van der Waals surface area contributed by atoms with E-state index in [1.165, 1.54) is 12.8 Å². The van der Waals surface area contributed by atoms with Gasteiger partial charge in [-0.2, -0.15) is 4.98 Å². The Morgan fingerprint density at radius 1 is 1.38 bits per heavy atom. The number of rotatable bonds is 4. The highest BCUT2D eigenvalue weighted by atomic mass is 16.5. The van der Waals surface area contributed by atoms with Crippen molar-refractivity contribution in [1.82, 2.24) is 9.97 Å². The maximum absolute atomic E-state index is 5.14. The summed E-state index contributed by atoms with van der Waals surface area (Å²) in [6.45, 7) is 6.34. The van der Waals surface area contributed by atoms with Crippen LogP contribution in [0.4, 0.5) is 5.95 Å². The summed E-state index contributed by atoms with van der Waals surface area (Å²) in [4.78, 5) is 8.68. The predicted molar refractivity (Wildman–Crippen MR) is 63.7 cm³/mol. The van der Waals surface area contributed by atoms with Crippen molar-refractivity contribution < 1.29 is 4.74 Å². The quantitative estimate of drug-likeness (QED) is 0.848. The van der Waals surface area contributed by atoms with Crippen molar-refractivity contribution in [2.75, 3.05) is 12.4 Å². The van der Waals surface area contributed by atoms with Crippen LogP contribution >= 0.6 is 0 Å². The minimum Gasteiger partial charge on any atom is -0.481 e. The topological polar surface area (TPSA) is 47.0 Å². The molecule has 1 aromatic heterocycles. The standard InChI is InChI=1S/C12H19N3O/c1-8-7-10(16-4)14-11(13-8)15-12(2,3)9-5-6-9/h7,9H,5-6H2,1-4H3,(H,13,14,15). The summed E-state index contributed by atoms with van der Waals surface area (Å²) in [6.07, 6.45) is 2.59. The summed E-state index contributed by atoms with van der Waals surface area (Å²) < 4.78 is 5.14. The molecule has 0 aromatic carbocycles. The molecule has 0 saturated heterocycles. The second-order valence-corrected chi connectivity index (χ2v) is 5.00. The number of ether oxygens (including phenoxy) is 1. The molecule has 1 fully saturated rings. The first-order valence-corrected chi connectivity index (χ1v) is 5.69. The van der Waals surface area contributed by atoms with E-state index in [9.17, 15) is 0 Å². The maximum Gasteiger partial charge on any atom is 0.226 e. The van der Waals surface area contributed by atoms with Gasteiger partial charge in [0, 0.05) is 17.3 Å². The molecule has 0 atom stereocenters. The predicted octanol–water partition coefficient (Wildman–Crippen LogP) is 2.39. The molecule has 88 valence electrons. The highest BCUT2D eigenvalue weighted by Crippen LogP contribution is 2.40. The SMILES string of the molecule is COc1cc(C)nc(NC(C)(C)C2CC2)n1. The highest BCUT2D eigenvalue weighted by molar-refractivity contribution is 5.34. The van der Waals surface area contributed by atoms with Gasteiger partial charge in [0.25, 0.3) is 0 Å². The summed E-state index contributed by atoms with van der Waals surface area (Å²) in [7, 11) is 1.62. The molecule has 2 rings (SSSR count). The molecule has 1 aliphatic carbocycles. The van der Waals surface area contributed by atoms with Crippen molar-refractivity contribution in [2.45, 2.75) is 39.2 Å². The molecule has 4 heteroatoms. The molecule has 0 bridgehead atoms. The van der Waals surface area contributed by atoms with Crippen molar-refractivity contribution in [1.29, 1.82) is 0 Å². The third-order valence-electron chi connectivity index (χ3n) is 3.07. The van der Waals surface area contributed by atoms with Gasteiger partial charge in [0.05, 0.1) is 7.11 Å². The Balaban J connectivity index is 2.16. The third kappa shape index (κ3) is 2.43. The normalized spacial score (nSPS) is 16.0. The molecule has 0 spiro atoms. The van der Waals surface area contributed by atoms with E-state index in [0.717, 1.165) is 11.6 Å². The van der Waals surface area contributed by atoms with Gasteiger partial charge in [-0.05, 0) is 39.5 Å². The van der Waals surface area contributed by atoms with E-state index in [4.69, 9.17) is 4.74 Å². The molecule has 1 N–H and O–H groups in total. The van der Waals surface area contributed by atoms with Gasteiger partial charge in [0.15, 0.2) is 0 Å². The van der Waals surface area contributed by atoms with Crippen LogP contribution in [-0.4, -0.2) is 22.6 Å². The molecule has 1 aliphatic rings. The second-order valence-electron chi connectivity index (χ2n) is 5.00. The molecule has 0 aliphatic heterocycles. The maximum atomic E-state index is 5.14. The van der Waals surface area contributed by atoms with Crippen molar-refractivity contribution in [3.8, 4) is 5.88 Å². The molecular formula is C12H19N3O. The van der Waals surface area contributed by atoms with Gasteiger partial charge in [-0.25, -0.2) is 4.98 Å². The van der Waals surface area contributed by atoms with Crippen LogP contribution < -0.4 is 10.1 Å². The lowest BCUT2D eigenvalue weighted by Crippen LogP contribution is -2.34. The van der Waals surface area contributed by atoms with E-state index < -0.39 is 0 Å². The van der Waals surface area contributed by atoms with E-state index >= 15 is 0 Å². The van der Waals surface area contributed by atoms with Gasteiger partial charge in [-0.15, -0.1) is 0 Å². The fourth-order valence-electron chi connectivity index (χ4n) is 1.90. The molecule has 1 heterocycles.